The zero-order valence-corrected chi connectivity index (χ0v) is 34.9. The molecule has 0 unspecified atom stereocenters. The fraction of sp³-hybridized carbons (Fsp3) is 0.447. The molecule has 310 valence electrons. The van der Waals surface area contributed by atoms with Crippen LogP contribution in [0.25, 0.3) is 33.1 Å². The van der Waals surface area contributed by atoms with Gasteiger partial charge >= 0.3 is 6.09 Å². The maximum absolute atomic E-state index is 13.8. The Kier molecular flexibility index (Phi) is 16.0. The number of benzene rings is 3. The number of carbonyl (C=O) groups excluding carboxylic acids is 4. The quantitative estimate of drug-likeness (QED) is 0.0441. The van der Waals surface area contributed by atoms with E-state index in [-0.39, 0.29) is 24.0 Å². The zero-order valence-electron chi connectivity index (χ0n) is 34.9. The molecule has 5 N–H and O–H groups in total. The highest BCUT2D eigenvalue weighted by Crippen LogP contribution is 2.31. The maximum atomic E-state index is 13.8. The number of H-pyrrole nitrogens is 2. The Hall–Kier alpha value is -5.58. The number of hydrogen-bond acceptors (Lipinski definition) is 6. The number of rotatable bonds is 22. The highest BCUT2D eigenvalue weighted by molar-refractivity contribution is 5.94. The Morgan fingerprint density at radius 1 is 0.741 bits per heavy atom. The molecule has 58 heavy (non-hydrogen) atoms. The van der Waals surface area contributed by atoms with Gasteiger partial charge in [-0.2, -0.15) is 0 Å². The lowest BCUT2D eigenvalue weighted by Gasteiger charge is -2.19. The number of carbonyl (C=O) groups is 4. The van der Waals surface area contributed by atoms with E-state index in [0.29, 0.717) is 45.4 Å². The smallest absolute Gasteiger partial charge is 0.407 e. The molecule has 2 aromatic heterocycles. The summed E-state index contributed by atoms with van der Waals surface area (Å²) in [4.78, 5) is 57.7. The van der Waals surface area contributed by atoms with Crippen LogP contribution in [0.2, 0.25) is 0 Å². The molecule has 0 aliphatic heterocycles. The molecule has 0 saturated heterocycles. The van der Waals surface area contributed by atoms with Crippen molar-refractivity contribution in [1.82, 2.24) is 25.9 Å². The summed E-state index contributed by atoms with van der Waals surface area (Å²) in [5, 5.41) is 11.0. The molecule has 3 aromatic carbocycles. The van der Waals surface area contributed by atoms with Gasteiger partial charge < -0.3 is 40.2 Å². The minimum Gasteiger partial charge on any atom is -0.494 e. The van der Waals surface area contributed by atoms with Crippen LogP contribution < -0.4 is 20.7 Å². The number of aromatic amines is 2. The number of alkyl carbamates (subject to hydrolysis) is 1. The number of unbranched alkanes of at least 4 members (excludes halogenated alkanes) is 5. The summed E-state index contributed by atoms with van der Waals surface area (Å²) in [7, 11) is 0. The maximum Gasteiger partial charge on any atom is 0.407 e. The minimum absolute atomic E-state index is 0.108. The summed E-state index contributed by atoms with van der Waals surface area (Å²) in [6.07, 6.45) is 7.25. The van der Waals surface area contributed by atoms with Gasteiger partial charge in [0.15, 0.2) is 0 Å². The van der Waals surface area contributed by atoms with Crippen LogP contribution in [0, 0.1) is 6.92 Å². The second-order valence-corrected chi connectivity index (χ2v) is 16.2. The van der Waals surface area contributed by atoms with Crippen molar-refractivity contribution in [1.29, 1.82) is 0 Å². The van der Waals surface area contributed by atoms with E-state index in [1.807, 2.05) is 76.2 Å². The fourth-order valence-corrected chi connectivity index (χ4v) is 7.27. The molecule has 5 aromatic rings. The topological polar surface area (TPSA) is 154 Å². The summed E-state index contributed by atoms with van der Waals surface area (Å²) in [6.45, 7) is 10.6. The Bertz CT molecular complexity index is 2130. The molecular formula is C47H61N5O6. The van der Waals surface area contributed by atoms with Crippen LogP contribution in [-0.4, -0.2) is 65.0 Å². The molecule has 0 saturated carbocycles. The van der Waals surface area contributed by atoms with Crippen molar-refractivity contribution < 1.29 is 28.7 Å². The average molecular weight is 792 g/mol. The summed E-state index contributed by atoms with van der Waals surface area (Å²) in [5.41, 5.74) is 6.46. The Morgan fingerprint density at radius 2 is 1.47 bits per heavy atom. The molecular weight excluding hydrogens is 731 g/mol. The number of amides is 3. The van der Waals surface area contributed by atoms with Crippen LogP contribution >= 0.6 is 0 Å². The van der Waals surface area contributed by atoms with Gasteiger partial charge in [0, 0.05) is 52.7 Å². The first-order valence-electron chi connectivity index (χ1n) is 20.8. The lowest BCUT2D eigenvalue weighted by Crippen LogP contribution is -2.47. The third-order valence-electron chi connectivity index (χ3n) is 10.2. The SMILES string of the molecule is CC(=O)CCCCC[C@H](NC(=O)Cc1c(C)[nH]c2ccc(OCCCCCCNC(=O)OC(C)(C)C)cc12)C(=O)NCCc1c(-c2ccccc2)[nH]c2ccccc12. The Morgan fingerprint density at radius 3 is 2.24 bits per heavy atom. The zero-order chi connectivity index (χ0) is 41.5. The third-order valence-corrected chi connectivity index (χ3v) is 10.2. The van der Waals surface area contributed by atoms with Crippen molar-refractivity contribution in [3.8, 4) is 17.0 Å². The van der Waals surface area contributed by atoms with E-state index in [1.165, 1.54) is 0 Å². The normalized spacial score (nSPS) is 12.0. The summed E-state index contributed by atoms with van der Waals surface area (Å²) >= 11 is 0. The molecule has 0 spiro atoms. The van der Waals surface area contributed by atoms with E-state index >= 15 is 0 Å². The van der Waals surface area contributed by atoms with E-state index in [2.05, 4.69) is 50.2 Å². The van der Waals surface area contributed by atoms with Gasteiger partial charge in [-0.15, -0.1) is 0 Å². The van der Waals surface area contributed by atoms with Crippen molar-refractivity contribution in [2.75, 3.05) is 19.7 Å². The molecule has 1 atom stereocenters. The molecule has 3 amide bonds. The standard InChI is InChI=1S/C47H61N5O6/c1-32(53)18-10-8-13-23-42(45(55)48-28-26-37-36-21-14-15-22-40(36)52-44(37)34-19-11-9-12-20-34)51-43(54)31-38-33(2)50-41-25-24-35(30-39(38)41)57-29-17-7-6-16-27-49-46(56)58-47(3,4)5/h9,11-12,14-15,19-22,24-25,30,42,50,52H,6-8,10,13,16-18,23,26-29,31H2,1-5H3,(H,48,55)(H,49,56)(H,51,54)/t42-/m0/s1. The summed E-state index contributed by atoms with van der Waals surface area (Å²) < 4.78 is 11.4. The highest BCUT2D eigenvalue weighted by atomic mass is 16.6. The van der Waals surface area contributed by atoms with Crippen LogP contribution in [0.3, 0.4) is 0 Å². The monoisotopic (exact) mass is 791 g/mol. The van der Waals surface area contributed by atoms with Crippen LogP contribution in [0.1, 0.15) is 102 Å². The number of fused-ring (bicyclic) bond motifs is 2. The van der Waals surface area contributed by atoms with Gasteiger partial charge in [-0.1, -0.05) is 74.2 Å². The molecule has 0 aliphatic rings. The number of hydrogen-bond donors (Lipinski definition) is 5. The second-order valence-electron chi connectivity index (χ2n) is 16.2. The van der Waals surface area contributed by atoms with E-state index < -0.39 is 17.7 Å². The average Bonchev–Trinajstić information content (AvgIpc) is 3.70. The van der Waals surface area contributed by atoms with Gasteiger partial charge in [-0.05, 0) is 108 Å². The third kappa shape index (κ3) is 13.2. The van der Waals surface area contributed by atoms with Crippen LogP contribution in [0.5, 0.6) is 5.75 Å². The predicted octanol–water partition coefficient (Wildman–Crippen LogP) is 9.01. The molecule has 2 heterocycles. The molecule has 0 fully saturated rings. The van der Waals surface area contributed by atoms with E-state index in [4.69, 9.17) is 9.47 Å². The van der Waals surface area contributed by atoms with Crippen molar-refractivity contribution in [2.24, 2.45) is 0 Å². The van der Waals surface area contributed by atoms with Crippen molar-refractivity contribution in [2.45, 2.75) is 117 Å². The molecule has 11 heteroatoms. The first-order valence-corrected chi connectivity index (χ1v) is 20.8. The molecule has 0 bridgehead atoms. The van der Waals surface area contributed by atoms with Gasteiger partial charge in [0.05, 0.1) is 13.0 Å². The fourth-order valence-electron chi connectivity index (χ4n) is 7.27. The number of ether oxygens (including phenoxy) is 2. The Balaban J connectivity index is 1.16. The second kappa shape index (κ2) is 21.3. The number of Topliss-reactive ketones (excluding diaryl/α,β-unsaturated/α-hetero) is 1. The number of aromatic nitrogens is 2. The number of aryl methyl sites for hydroxylation is 1. The van der Waals surface area contributed by atoms with E-state index in [1.54, 1.807) is 6.92 Å². The first-order chi connectivity index (χ1) is 27.9. The number of ketones is 1. The molecule has 5 rings (SSSR count). The number of para-hydroxylation sites is 1. The van der Waals surface area contributed by atoms with Crippen molar-refractivity contribution >= 4 is 45.5 Å². The highest BCUT2D eigenvalue weighted by Gasteiger charge is 2.23. The summed E-state index contributed by atoms with van der Waals surface area (Å²) in [6, 6.07) is 23.5. The lowest BCUT2D eigenvalue weighted by atomic mass is 10.0. The largest absolute Gasteiger partial charge is 0.494 e. The van der Waals surface area contributed by atoms with Gasteiger partial charge in [0.1, 0.15) is 23.2 Å². The predicted molar refractivity (Wildman–Crippen MR) is 231 cm³/mol. The van der Waals surface area contributed by atoms with E-state index in [0.717, 1.165) is 94.2 Å². The molecule has 0 radical (unpaired) electrons. The van der Waals surface area contributed by atoms with Crippen LogP contribution in [0.15, 0.2) is 72.8 Å². The van der Waals surface area contributed by atoms with Crippen LogP contribution in [-0.2, 0) is 32.0 Å². The van der Waals surface area contributed by atoms with Gasteiger partial charge in [-0.25, -0.2) is 4.79 Å². The first kappa shape index (κ1) is 43.5. The van der Waals surface area contributed by atoms with E-state index in [9.17, 15) is 19.2 Å². The van der Waals surface area contributed by atoms with Gasteiger partial charge in [-0.3, -0.25) is 9.59 Å². The molecule has 0 aliphatic carbocycles. The Labute approximate surface area is 342 Å². The minimum atomic E-state index is -0.709. The van der Waals surface area contributed by atoms with Gasteiger partial charge in [0.25, 0.3) is 0 Å². The van der Waals surface area contributed by atoms with Crippen molar-refractivity contribution in [3.05, 3.63) is 89.6 Å². The van der Waals surface area contributed by atoms with Gasteiger partial charge in [0.2, 0.25) is 11.8 Å². The van der Waals surface area contributed by atoms with Crippen LogP contribution in [0.4, 0.5) is 4.79 Å². The summed E-state index contributed by atoms with van der Waals surface area (Å²) in [5.74, 6) is 0.433. The number of nitrogens with one attached hydrogen (secondary N) is 5. The van der Waals surface area contributed by atoms with Crippen molar-refractivity contribution in [3.63, 3.8) is 0 Å². The lowest BCUT2D eigenvalue weighted by molar-refractivity contribution is -0.128. The molecule has 11 nitrogen and oxygen atoms in total.